The van der Waals surface area contributed by atoms with Crippen molar-refractivity contribution in [2.24, 2.45) is 0 Å². The molecule has 0 spiro atoms. The Bertz CT molecular complexity index is 888. The molecule has 1 heterocycles. The Kier molecular flexibility index (Phi) is 4.88. The Balaban J connectivity index is 2.40. The summed E-state index contributed by atoms with van der Waals surface area (Å²) in [6, 6.07) is 3.95. The van der Waals surface area contributed by atoms with Crippen LogP contribution in [0.15, 0.2) is 29.3 Å². The van der Waals surface area contributed by atoms with Crippen molar-refractivity contribution in [1.29, 1.82) is 0 Å². The van der Waals surface area contributed by atoms with E-state index in [1.165, 1.54) is 38.6 Å². The first kappa shape index (κ1) is 17.5. The minimum Gasteiger partial charge on any atom is -0.496 e. The number of sulfone groups is 1. The molecular formula is C14H16N4O5S. The van der Waals surface area contributed by atoms with Crippen LogP contribution in [0.5, 0.6) is 5.75 Å². The molecule has 0 bridgehead atoms. The first-order valence-corrected chi connectivity index (χ1v) is 8.62. The van der Waals surface area contributed by atoms with Gasteiger partial charge in [0.1, 0.15) is 11.4 Å². The number of methoxy groups -OCH3 is 1. The summed E-state index contributed by atoms with van der Waals surface area (Å²) in [5.74, 6) is -0.895. The number of ether oxygens (including phenoxy) is 1. The highest BCUT2D eigenvalue weighted by molar-refractivity contribution is 7.90. The van der Waals surface area contributed by atoms with E-state index in [0.29, 0.717) is 0 Å². The summed E-state index contributed by atoms with van der Waals surface area (Å²) in [5.41, 5.74) is 0.250. The van der Waals surface area contributed by atoms with Crippen LogP contribution in [0.25, 0.3) is 0 Å². The second kappa shape index (κ2) is 6.71. The second-order valence-electron chi connectivity index (χ2n) is 4.83. The number of nitrogens with zero attached hydrogens (tertiary/aromatic N) is 1. The quantitative estimate of drug-likeness (QED) is 0.715. The van der Waals surface area contributed by atoms with Crippen LogP contribution in [-0.4, -0.2) is 50.8 Å². The fraction of sp³-hybridized carbons (Fsp3) is 0.214. The number of benzene rings is 1. The molecule has 2 aromatic rings. The lowest BCUT2D eigenvalue weighted by atomic mass is 10.2. The predicted octanol–water partition coefficient (Wildman–Crippen LogP) is 0.434. The maximum Gasteiger partial charge on any atom is 0.271 e. The molecule has 0 saturated heterocycles. The molecule has 10 heteroatoms. The summed E-state index contributed by atoms with van der Waals surface area (Å²) in [5, 5.41) is 11.1. The van der Waals surface area contributed by atoms with Gasteiger partial charge in [-0.3, -0.25) is 14.7 Å². The number of rotatable bonds is 5. The first-order valence-electron chi connectivity index (χ1n) is 6.72. The van der Waals surface area contributed by atoms with Crippen LogP contribution in [-0.2, 0) is 9.84 Å². The number of H-pyrrole nitrogens is 1. The van der Waals surface area contributed by atoms with Gasteiger partial charge in [0.2, 0.25) is 0 Å². The third kappa shape index (κ3) is 3.54. The minimum absolute atomic E-state index is 0.0180. The van der Waals surface area contributed by atoms with E-state index in [0.717, 1.165) is 6.26 Å². The lowest BCUT2D eigenvalue weighted by molar-refractivity contribution is 0.0959. The topological polar surface area (TPSA) is 130 Å². The smallest absolute Gasteiger partial charge is 0.271 e. The van der Waals surface area contributed by atoms with E-state index in [4.69, 9.17) is 4.74 Å². The molecule has 0 fully saturated rings. The molecule has 0 aliphatic heterocycles. The zero-order chi connectivity index (χ0) is 17.9. The Morgan fingerprint density at radius 2 is 1.96 bits per heavy atom. The Labute approximate surface area is 138 Å². The van der Waals surface area contributed by atoms with E-state index in [1.807, 2.05) is 0 Å². The van der Waals surface area contributed by atoms with E-state index in [9.17, 15) is 18.0 Å². The molecule has 0 atom stereocenters. The van der Waals surface area contributed by atoms with Crippen LogP contribution in [0, 0.1) is 0 Å². The van der Waals surface area contributed by atoms with Crippen molar-refractivity contribution in [3.63, 3.8) is 0 Å². The van der Waals surface area contributed by atoms with Gasteiger partial charge in [-0.15, -0.1) is 0 Å². The average molecular weight is 352 g/mol. The number of nitrogens with one attached hydrogen (secondary N) is 3. The number of aromatic amines is 1. The molecule has 0 saturated carbocycles. The maximum atomic E-state index is 12.5. The van der Waals surface area contributed by atoms with Crippen molar-refractivity contribution in [3.05, 3.63) is 35.7 Å². The number of carbonyl (C=O) groups excluding carboxylic acids is 2. The largest absolute Gasteiger partial charge is 0.496 e. The third-order valence-electron chi connectivity index (χ3n) is 3.19. The molecule has 0 radical (unpaired) electrons. The van der Waals surface area contributed by atoms with Gasteiger partial charge >= 0.3 is 0 Å². The van der Waals surface area contributed by atoms with E-state index in [-0.39, 0.29) is 27.6 Å². The third-order valence-corrected chi connectivity index (χ3v) is 4.30. The Hall–Kier alpha value is -2.88. The monoisotopic (exact) mass is 352 g/mol. The van der Waals surface area contributed by atoms with Crippen LogP contribution in [0.2, 0.25) is 0 Å². The number of hydrogen-bond donors (Lipinski definition) is 3. The highest BCUT2D eigenvalue weighted by Crippen LogP contribution is 2.24. The van der Waals surface area contributed by atoms with E-state index >= 15 is 0 Å². The normalized spacial score (nSPS) is 11.0. The summed E-state index contributed by atoms with van der Waals surface area (Å²) >= 11 is 0. The van der Waals surface area contributed by atoms with E-state index in [1.54, 1.807) is 0 Å². The van der Waals surface area contributed by atoms with Crippen LogP contribution >= 0.6 is 0 Å². The molecular weight excluding hydrogens is 336 g/mol. The van der Waals surface area contributed by atoms with Gasteiger partial charge in [0.15, 0.2) is 9.84 Å². The van der Waals surface area contributed by atoms with Gasteiger partial charge in [-0.05, 0) is 18.2 Å². The standard InChI is InChI=1S/C14H16N4O5S/c1-15-14(20)12-10(7-16-18-12)17-13(19)9-6-8(24(3,21)22)4-5-11(9)23-2/h4-7H,1-3H3,(H,15,20)(H,16,18)(H,17,19). The van der Waals surface area contributed by atoms with Gasteiger partial charge < -0.3 is 15.4 Å². The summed E-state index contributed by atoms with van der Waals surface area (Å²) in [6.45, 7) is 0. The predicted molar refractivity (Wildman–Crippen MR) is 86.0 cm³/mol. The van der Waals surface area contributed by atoms with Gasteiger partial charge in [-0.2, -0.15) is 5.10 Å². The average Bonchev–Trinajstić information content (AvgIpc) is 3.00. The Morgan fingerprint density at radius 1 is 1.25 bits per heavy atom. The summed E-state index contributed by atoms with van der Waals surface area (Å²) in [6.07, 6.45) is 2.31. The molecule has 0 aliphatic rings. The second-order valence-corrected chi connectivity index (χ2v) is 6.84. The number of aromatic nitrogens is 2. The van der Waals surface area contributed by atoms with E-state index < -0.39 is 21.7 Å². The molecule has 9 nitrogen and oxygen atoms in total. The minimum atomic E-state index is -3.49. The molecule has 3 N–H and O–H groups in total. The van der Waals surface area contributed by atoms with Crippen molar-refractivity contribution in [2.75, 3.05) is 25.7 Å². The number of hydrogen-bond acceptors (Lipinski definition) is 6. The van der Waals surface area contributed by atoms with Gasteiger partial charge in [0.25, 0.3) is 11.8 Å². The van der Waals surface area contributed by atoms with Crippen LogP contribution in [0.1, 0.15) is 20.8 Å². The number of carbonyl (C=O) groups is 2. The number of amides is 2. The van der Waals surface area contributed by atoms with Gasteiger partial charge in [-0.1, -0.05) is 0 Å². The zero-order valence-corrected chi connectivity index (χ0v) is 14.0. The molecule has 0 aliphatic carbocycles. The van der Waals surface area contributed by atoms with Crippen molar-refractivity contribution in [2.45, 2.75) is 4.90 Å². The molecule has 1 aromatic carbocycles. The maximum absolute atomic E-state index is 12.5. The van der Waals surface area contributed by atoms with Crippen molar-refractivity contribution >= 4 is 27.3 Å². The molecule has 1 aromatic heterocycles. The number of anilines is 1. The van der Waals surface area contributed by atoms with Crippen LogP contribution in [0.4, 0.5) is 5.69 Å². The van der Waals surface area contributed by atoms with Crippen LogP contribution in [0.3, 0.4) is 0 Å². The Morgan fingerprint density at radius 3 is 2.54 bits per heavy atom. The van der Waals surface area contributed by atoms with E-state index in [2.05, 4.69) is 20.8 Å². The summed E-state index contributed by atoms with van der Waals surface area (Å²) < 4.78 is 28.4. The molecule has 2 amide bonds. The fourth-order valence-corrected chi connectivity index (χ4v) is 2.61. The molecule has 24 heavy (non-hydrogen) atoms. The zero-order valence-electron chi connectivity index (χ0n) is 13.2. The van der Waals surface area contributed by atoms with Gasteiger partial charge in [0, 0.05) is 13.3 Å². The SMILES string of the molecule is CNC(=O)c1[nH]ncc1NC(=O)c1cc(S(C)(=O)=O)ccc1OC. The fourth-order valence-electron chi connectivity index (χ4n) is 1.96. The summed E-state index contributed by atoms with van der Waals surface area (Å²) in [7, 11) is -0.691. The molecule has 128 valence electrons. The van der Waals surface area contributed by atoms with Crippen molar-refractivity contribution in [1.82, 2.24) is 15.5 Å². The van der Waals surface area contributed by atoms with Crippen LogP contribution < -0.4 is 15.4 Å². The lowest BCUT2D eigenvalue weighted by Gasteiger charge is -2.10. The lowest BCUT2D eigenvalue weighted by Crippen LogP contribution is -2.21. The van der Waals surface area contributed by atoms with Crippen molar-refractivity contribution in [3.8, 4) is 5.75 Å². The van der Waals surface area contributed by atoms with Crippen molar-refractivity contribution < 1.29 is 22.7 Å². The highest BCUT2D eigenvalue weighted by Gasteiger charge is 2.20. The summed E-state index contributed by atoms with van der Waals surface area (Å²) in [4.78, 5) is 24.1. The molecule has 2 rings (SSSR count). The van der Waals surface area contributed by atoms with Gasteiger partial charge in [0.05, 0.1) is 29.5 Å². The highest BCUT2D eigenvalue weighted by atomic mass is 32.2. The molecule has 0 unspecified atom stereocenters. The first-order chi connectivity index (χ1) is 11.3. The van der Waals surface area contributed by atoms with Gasteiger partial charge in [-0.25, -0.2) is 8.42 Å².